The Hall–Kier alpha value is -3.66. The molecule has 0 spiro atoms. The van der Waals surface area contributed by atoms with Crippen molar-refractivity contribution in [1.29, 1.82) is 0 Å². The van der Waals surface area contributed by atoms with Gasteiger partial charge >= 0.3 is 5.97 Å². The van der Waals surface area contributed by atoms with E-state index in [9.17, 15) is 4.79 Å². The predicted octanol–water partition coefficient (Wildman–Crippen LogP) is 5.95. The summed E-state index contributed by atoms with van der Waals surface area (Å²) in [7, 11) is 0. The van der Waals surface area contributed by atoms with E-state index in [4.69, 9.17) is 14.5 Å². The maximum absolute atomic E-state index is 12.3. The number of fused-ring (bicyclic) bond motifs is 1. The Labute approximate surface area is 182 Å². The highest BCUT2D eigenvalue weighted by atomic mass is 16.6. The van der Waals surface area contributed by atoms with Gasteiger partial charge in [0, 0.05) is 10.9 Å². The van der Waals surface area contributed by atoms with E-state index in [2.05, 4.69) is 38.1 Å². The topological polar surface area (TPSA) is 48.4 Å². The largest absolute Gasteiger partial charge is 0.465 e. The highest BCUT2D eigenvalue weighted by Gasteiger charge is 2.14. The van der Waals surface area contributed by atoms with Crippen molar-refractivity contribution in [3.8, 4) is 17.0 Å². The summed E-state index contributed by atoms with van der Waals surface area (Å²) in [6.07, 6.45) is 0. The highest BCUT2D eigenvalue weighted by molar-refractivity contribution is 5.89. The quantitative estimate of drug-likeness (QED) is 0.368. The Morgan fingerprint density at radius 1 is 0.871 bits per heavy atom. The van der Waals surface area contributed by atoms with Crippen molar-refractivity contribution in [3.63, 3.8) is 0 Å². The van der Waals surface area contributed by atoms with Gasteiger partial charge in [0.1, 0.15) is 6.61 Å². The van der Waals surface area contributed by atoms with E-state index in [1.54, 1.807) is 0 Å². The lowest BCUT2D eigenvalue weighted by Gasteiger charge is -2.14. The molecule has 0 saturated heterocycles. The van der Waals surface area contributed by atoms with Gasteiger partial charge in [-0.1, -0.05) is 66.2 Å². The standard InChI is InChI=1S/C27H25NO3/c1-18-9-11-22(12-10-18)24-15-23-20(3)13-19(2)14-25(23)28-27(24)31-17-26(29)30-16-21-7-5-4-6-8-21/h4-15H,16-17H2,1-3H3. The molecule has 0 saturated carbocycles. The third kappa shape index (κ3) is 4.92. The average molecular weight is 412 g/mol. The number of esters is 1. The first-order valence-electron chi connectivity index (χ1n) is 10.3. The summed E-state index contributed by atoms with van der Waals surface area (Å²) in [5, 5.41) is 1.07. The van der Waals surface area contributed by atoms with Gasteiger partial charge < -0.3 is 9.47 Å². The van der Waals surface area contributed by atoms with Gasteiger partial charge in [-0.3, -0.25) is 0 Å². The molecule has 0 radical (unpaired) electrons. The summed E-state index contributed by atoms with van der Waals surface area (Å²) >= 11 is 0. The minimum absolute atomic E-state index is 0.199. The summed E-state index contributed by atoms with van der Waals surface area (Å²) in [5.74, 6) is -0.000886. The monoisotopic (exact) mass is 411 g/mol. The van der Waals surface area contributed by atoms with Crippen LogP contribution in [0, 0.1) is 20.8 Å². The summed E-state index contributed by atoms with van der Waals surface area (Å²) in [5.41, 5.74) is 7.10. The van der Waals surface area contributed by atoms with E-state index in [1.807, 2.05) is 55.5 Å². The third-order valence-electron chi connectivity index (χ3n) is 5.18. The highest BCUT2D eigenvalue weighted by Crippen LogP contribution is 2.33. The molecule has 0 amide bonds. The maximum Gasteiger partial charge on any atom is 0.344 e. The molecule has 4 nitrogen and oxygen atoms in total. The molecular weight excluding hydrogens is 386 g/mol. The zero-order valence-corrected chi connectivity index (χ0v) is 18.0. The van der Waals surface area contributed by atoms with Gasteiger partial charge in [-0.05, 0) is 55.2 Å². The molecule has 0 aliphatic heterocycles. The molecule has 0 unspecified atom stereocenters. The van der Waals surface area contributed by atoms with E-state index < -0.39 is 5.97 Å². The molecule has 4 heteroatoms. The van der Waals surface area contributed by atoms with Gasteiger partial charge in [0.15, 0.2) is 6.61 Å². The van der Waals surface area contributed by atoms with Gasteiger partial charge in [-0.2, -0.15) is 0 Å². The fraction of sp³-hybridized carbons (Fsp3) is 0.185. The summed E-state index contributed by atoms with van der Waals surface area (Å²) in [4.78, 5) is 17.0. The van der Waals surface area contributed by atoms with Crippen LogP contribution in [0.2, 0.25) is 0 Å². The Morgan fingerprint density at radius 3 is 2.35 bits per heavy atom. The van der Waals surface area contributed by atoms with Crippen LogP contribution in [0.5, 0.6) is 5.88 Å². The van der Waals surface area contributed by atoms with Crippen molar-refractivity contribution in [1.82, 2.24) is 4.98 Å². The third-order valence-corrected chi connectivity index (χ3v) is 5.18. The average Bonchev–Trinajstić information content (AvgIpc) is 2.77. The van der Waals surface area contributed by atoms with Gasteiger partial charge in [0.25, 0.3) is 0 Å². The van der Waals surface area contributed by atoms with Crippen LogP contribution in [0.15, 0.2) is 72.8 Å². The normalized spacial score (nSPS) is 10.8. The van der Waals surface area contributed by atoms with Crippen molar-refractivity contribution in [3.05, 3.63) is 95.1 Å². The van der Waals surface area contributed by atoms with Gasteiger partial charge in [0.05, 0.1) is 5.52 Å². The molecule has 0 aliphatic rings. The number of ether oxygens (including phenoxy) is 2. The van der Waals surface area contributed by atoms with Crippen LogP contribution in [0.4, 0.5) is 0 Å². The molecule has 0 N–H and O–H groups in total. The van der Waals surface area contributed by atoms with Crippen molar-refractivity contribution in [2.75, 3.05) is 6.61 Å². The molecular formula is C27H25NO3. The second kappa shape index (κ2) is 9.00. The number of aryl methyl sites for hydroxylation is 3. The summed E-state index contributed by atoms with van der Waals surface area (Å²) < 4.78 is 11.2. The van der Waals surface area contributed by atoms with Gasteiger partial charge in [-0.25, -0.2) is 9.78 Å². The number of rotatable bonds is 6. The number of hydrogen-bond acceptors (Lipinski definition) is 4. The predicted molar refractivity (Wildman–Crippen MR) is 123 cm³/mol. The smallest absolute Gasteiger partial charge is 0.344 e. The molecule has 1 aromatic heterocycles. The van der Waals surface area contributed by atoms with Crippen LogP contribution in [-0.4, -0.2) is 17.6 Å². The number of carbonyl (C=O) groups excluding carboxylic acids is 1. The van der Waals surface area contributed by atoms with Crippen LogP contribution < -0.4 is 4.74 Å². The first-order valence-corrected chi connectivity index (χ1v) is 10.3. The lowest BCUT2D eigenvalue weighted by molar-refractivity contribution is -0.147. The molecule has 1 heterocycles. The van der Waals surface area contributed by atoms with Crippen molar-refractivity contribution < 1.29 is 14.3 Å². The molecule has 156 valence electrons. The molecule has 0 aliphatic carbocycles. The first-order chi connectivity index (χ1) is 15.0. The van der Waals surface area contributed by atoms with Crippen LogP contribution in [-0.2, 0) is 16.1 Å². The fourth-order valence-corrected chi connectivity index (χ4v) is 3.57. The zero-order valence-electron chi connectivity index (χ0n) is 18.0. The minimum Gasteiger partial charge on any atom is -0.465 e. The van der Waals surface area contributed by atoms with Crippen molar-refractivity contribution >= 4 is 16.9 Å². The second-order valence-electron chi connectivity index (χ2n) is 7.79. The number of carbonyl (C=O) groups is 1. The van der Waals surface area contributed by atoms with E-state index in [1.165, 1.54) is 5.56 Å². The van der Waals surface area contributed by atoms with Gasteiger partial charge in [-0.15, -0.1) is 0 Å². The van der Waals surface area contributed by atoms with E-state index >= 15 is 0 Å². The molecule has 0 fully saturated rings. The Balaban J connectivity index is 1.61. The second-order valence-corrected chi connectivity index (χ2v) is 7.79. The van der Waals surface area contributed by atoms with E-state index in [-0.39, 0.29) is 13.2 Å². The van der Waals surface area contributed by atoms with Crippen LogP contribution >= 0.6 is 0 Å². The Bertz CT molecular complexity index is 1210. The zero-order chi connectivity index (χ0) is 21.8. The minimum atomic E-state index is -0.430. The Morgan fingerprint density at radius 2 is 1.61 bits per heavy atom. The van der Waals surface area contributed by atoms with Crippen LogP contribution in [0.25, 0.3) is 22.0 Å². The fourth-order valence-electron chi connectivity index (χ4n) is 3.57. The van der Waals surface area contributed by atoms with Crippen LogP contribution in [0.3, 0.4) is 0 Å². The SMILES string of the molecule is Cc1ccc(-c2cc3c(C)cc(C)cc3nc2OCC(=O)OCc2ccccc2)cc1. The Kier molecular flexibility index (Phi) is 5.99. The van der Waals surface area contributed by atoms with E-state index in [0.29, 0.717) is 5.88 Å². The van der Waals surface area contributed by atoms with Crippen molar-refractivity contribution in [2.45, 2.75) is 27.4 Å². The summed E-state index contributed by atoms with van der Waals surface area (Å²) in [6.45, 7) is 6.20. The summed E-state index contributed by atoms with van der Waals surface area (Å²) in [6, 6.07) is 24.0. The maximum atomic E-state index is 12.3. The molecule has 0 atom stereocenters. The lowest BCUT2D eigenvalue weighted by Crippen LogP contribution is -2.15. The number of benzene rings is 3. The molecule has 4 rings (SSSR count). The molecule has 31 heavy (non-hydrogen) atoms. The van der Waals surface area contributed by atoms with Crippen LogP contribution in [0.1, 0.15) is 22.3 Å². The molecule has 3 aromatic carbocycles. The number of nitrogens with zero attached hydrogens (tertiary/aromatic N) is 1. The van der Waals surface area contributed by atoms with E-state index in [0.717, 1.165) is 38.7 Å². The van der Waals surface area contributed by atoms with Crippen molar-refractivity contribution in [2.24, 2.45) is 0 Å². The lowest BCUT2D eigenvalue weighted by atomic mass is 10.00. The van der Waals surface area contributed by atoms with Gasteiger partial charge in [0.2, 0.25) is 5.88 Å². The molecule has 4 aromatic rings. The number of hydrogen-bond donors (Lipinski definition) is 0. The number of pyridine rings is 1. The first kappa shape index (κ1) is 20.6. The number of aromatic nitrogens is 1. The molecule has 0 bridgehead atoms.